The van der Waals surface area contributed by atoms with Gasteiger partial charge in [-0.1, -0.05) is 39.0 Å². The summed E-state index contributed by atoms with van der Waals surface area (Å²) < 4.78 is 0. The third-order valence-electron chi connectivity index (χ3n) is 6.63. The van der Waals surface area contributed by atoms with E-state index < -0.39 is 0 Å². The molecule has 0 saturated heterocycles. The van der Waals surface area contributed by atoms with E-state index in [1.807, 2.05) is 0 Å². The number of ketones is 1. The van der Waals surface area contributed by atoms with Gasteiger partial charge in [-0.25, -0.2) is 0 Å². The zero-order chi connectivity index (χ0) is 13.9. The van der Waals surface area contributed by atoms with Gasteiger partial charge in [0.1, 0.15) is 5.78 Å². The first-order valence-corrected chi connectivity index (χ1v) is 9.28. The quantitative estimate of drug-likeness (QED) is 0.630. The summed E-state index contributed by atoms with van der Waals surface area (Å²) in [5.41, 5.74) is 0. The fraction of sp³-hybridized carbons (Fsp3) is 0.947. The lowest BCUT2D eigenvalue weighted by Gasteiger charge is -2.47. The molecule has 0 aliphatic heterocycles. The minimum Gasteiger partial charge on any atom is -0.300 e. The molecule has 3 rings (SSSR count). The van der Waals surface area contributed by atoms with Gasteiger partial charge in [0.15, 0.2) is 0 Å². The Kier molecular flexibility index (Phi) is 4.83. The Morgan fingerprint density at radius 2 is 1.70 bits per heavy atom. The molecule has 0 aromatic heterocycles. The third-order valence-corrected chi connectivity index (χ3v) is 6.63. The predicted octanol–water partition coefficient (Wildman–Crippen LogP) is 5.38. The van der Waals surface area contributed by atoms with Gasteiger partial charge in [-0.15, -0.1) is 0 Å². The Bertz CT molecular complexity index is 335. The summed E-state index contributed by atoms with van der Waals surface area (Å²) in [7, 11) is 0. The topological polar surface area (TPSA) is 17.1 Å². The van der Waals surface area contributed by atoms with Crippen LogP contribution in [0.4, 0.5) is 0 Å². The van der Waals surface area contributed by atoms with E-state index in [-0.39, 0.29) is 0 Å². The summed E-state index contributed by atoms with van der Waals surface area (Å²) in [5, 5.41) is 0. The van der Waals surface area contributed by atoms with E-state index in [9.17, 15) is 4.79 Å². The number of carbonyl (C=O) groups excluding carboxylic acids is 1. The van der Waals surface area contributed by atoms with Crippen LogP contribution in [0, 0.1) is 29.6 Å². The number of unbranched alkanes of at least 4 members (excludes halogenated alkanes) is 2. The van der Waals surface area contributed by atoms with Crippen molar-refractivity contribution in [2.75, 3.05) is 0 Å². The molecule has 3 aliphatic carbocycles. The minimum atomic E-state index is 0.554. The van der Waals surface area contributed by atoms with Gasteiger partial charge in [0.25, 0.3) is 0 Å². The highest BCUT2D eigenvalue weighted by Crippen LogP contribution is 2.51. The molecule has 5 unspecified atom stereocenters. The summed E-state index contributed by atoms with van der Waals surface area (Å²) >= 11 is 0. The number of fused-ring (bicyclic) bond motifs is 2. The van der Waals surface area contributed by atoms with Crippen LogP contribution in [0.25, 0.3) is 0 Å². The van der Waals surface area contributed by atoms with E-state index in [4.69, 9.17) is 0 Å². The molecule has 0 N–H and O–H groups in total. The van der Waals surface area contributed by atoms with Crippen molar-refractivity contribution in [2.24, 2.45) is 29.6 Å². The molecule has 0 aromatic carbocycles. The molecular weight excluding hydrogens is 244 g/mol. The molecule has 0 heterocycles. The highest BCUT2D eigenvalue weighted by atomic mass is 16.1. The maximum atomic E-state index is 11.7. The predicted molar refractivity (Wildman–Crippen MR) is 83.5 cm³/mol. The van der Waals surface area contributed by atoms with Crippen molar-refractivity contribution in [3.05, 3.63) is 0 Å². The molecule has 0 amide bonds. The Morgan fingerprint density at radius 1 is 0.900 bits per heavy atom. The standard InChI is InChI=1S/C19H32O/c1-2-3-4-5-14-6-7-15-12-18-13-19(20)9-8-16(18)11-17(15)10-14/h14-18H,2-13H2,1H3. The second-order valence-corrected chi connectivity index (χ2v) is 7.97. The van der Waals surface area contributed by atoms with Crippen LogP contribution in [0.3, 0.4) is 0 Å². The first-order chi connectivity index (χ1) is 9.76. The lowest BCUT2D eigenvalue weighted by molar-refractivity contribution is -0.124. The van der Waals surface area contributed by atoms with Crippen molar-refractivity contribution in [2.45, 2.75) is 84.0 Å². The van der Waals surface area contributed by atoms with Gasteiger partial charge in [-0.3, -0.25) is 4.79 Å². The lowest BCUT2D eigenvalue weighted by atomic mass is 9.58. The molecule has 5 atom stereocenters. The summed E-state index contributed by atoms with van der Waals surface area (Å²) in [6.45, 7) is 2.31. The molecule has 114 valence electrons. The normalized spacial score (nSPS) is 41.0. The summed E-state index contributed by atoms with van der Waals surface area (Å²) in [5.74, 6) is 5.26. The SMILES string of the molecule is CCCCCC1CCC2CC3CC(=O)CCC3CC2C1. The second kappa shape index (κ2) is 6.62. The molecule has 1 heteroatoms. The van der Waals surface area contributed by atoms with Crippen molar-refractivity contribution in [1.82, 2.24) is 0 Å². The zero-order valence-corrected chi connectivity index (χ0v) is 13.3. The van der Waals surface area contributed by atoms with E-state index in [1.54, 1.807) is 0 Å². The molecule has 20 heavy (non-hydrogen) atoms. The highest BCUT2D eigenvalue weighted by molar-refractivity contribution is 5.79. The van der Waals surface area contributed by atoms with Gasteiger partial charge < -0.3 is 0 Å². The van der Waals surface area contributed by atoms with Crippen molar-refractivity contribution in [1.29, 1.82) is 0 Å². The van der Waals surface area contributed by atoms with Crippen LogP contribution >= 0.6 is 0 Å². The molecular formula is C19H32O. The minimum absolute atomic E-state index is 0.554. The average molecular weight is 276 g/mol. The molecule has 3 fully saturated rings. The molecule has 3 aliphatic rings. The summed E-state index contributed by atoms with van der Waals surface area (Å²) in [4.78, 5) is 11.7. The maximum absolute atomic E-state index is 11.7. The van der Waals surface area contributed by atoms with Crippen molar-refractivity contribution < 1.29 is 4.79 Å². The number of rotatable bonds is 4. The van der Waals surface area contributed by atoms with Gasteiger partial charge >= 0.3 is 0 Å². The van der Waals surface area contributed by atoms with Gasteiger partial charge in [0.05, 0.1) is 0 Å². The monoisotopic (exact) mass is 276 g/mol. The van der Waals surface area contributed by atoms with Crippen molar-refractivity contribution >= 4 is 5.78 Å². The van der Waals surface area contributed by atoms with Crippen molar-refractivity contribution in [3.8, 4) is 0 Å². The molecule has 0 spiro atoms. The first-order valence-electron chi connectivity index (χ1n) is 9.28. The summed E-state index contributed by atoms with van der Waals surface area (Å²) in [6.07, 6.45) is 16.1. The maximum Gasteiger partial charge on any atom is 0.133 e. The van der Waals surface area contributed by atoms with Crippen LogP contribution in [0.1, 0.15) is 84.0 Å². The average Bonchev–Trinajstić information content (AvgIpc) is 2.45. The van der Waals surface area contributed by atoms with Gasteiger partial charge in [0.2, 0.25) is 0 Å². The van der Waals surface area contributed by atoms with Crippen LogP contribution in [0.15, 0.2) is 0 Å². The van der Waals surface area contributed by atoms with Crippen LogP contribution in [0.2, 0.25) is 0 Å². The van der Waals surface area contributed by atoms with Gasteiger partial charge in [-0.2, -0.15) is 0 Å². The molecule has 1 nitrogen and oxygen atoms in total. The van der Waals surface area contributed by atoms with Crippen molar-refractivity contribution in [3.63, 3.8) is 0 Å². The van der Waals surface area contributed by atoms with Crippen LogP contribution < -0.4 is 0 Å². The largest absolute Gasteiger partial charge is 0.300 e. The van der Waals surface area contributed by atoms with E-state index in [0.717, 1.165) is 42.4 Å². The Balaban J connectivity index is 1.52. The van der Waals surface area contributed by atoms with E-state index in [0.29, 0.717) is 5.78 Å². The number of hydrogen-bond donors (Lipinski definition) is 0. The smallest absolute Gasteiger partial charge is 0.133 e. The molecule has 3 saturated carbocycles. The number of hydrogen-bond acceptors (Lipinski definition) is 1. The molecule has 0 aromatic rings. The third kappa shape index (κ3) is 3.28. The number of Topliss-reactive ketones (excluding diaryl/α,β-unsaturated/α-hetero) is 1. The van der Waals surface area contributed by atoms with E-state index in [1.165, 1.54) is 64.2 Å². The molecule has 0 bridgehead atoms. The van der Waals surface area contributed by atoms with E-state index >= 15 is 0 Å². The molecule has 0 radical (unpaired) electrons. The van der Waals surface area contributed by atoms with Crippen LogP contribution in [-0.2, 0) is 4.79 Å². The Labute approximate surface area is 124 Å². The highest BCUT2D eigenvalue weighted by Gasteiger charge is 2.42. The Hall–Kier alpha value is -0.330. The fourth-order valence-corrected chi connectivity index (χ4v) is 5.48. The van der Waals surface area contributed by atoms with E-state index in [2.05, 4.69) is 6.92 Å². The fourth-order valence-electron chi connectivity index (χ4n) is 5.48. The Morgan fingerprint density at radius 3 is 2.55 bits per heavy atom. The first kappa shape index (κ1) is 14.6. The zero-order valence-electron chi connectivity index (χ0n) is 13.3. The summed E-state index contributed by atoms with van der Waals surface area (Å²) in [6, 6.07) is 0. The number of carbonyl (C=O) groups is 1. The van der Waals surface area contributed by atoms with Crippen LogP contribution in [-0.4, -0.2) is 5.78 Å². The van der Waals surface area contributed by atoms with Gasteiger partial charge in [-0.05, 0) is 61.7 Å². The lowest BCUT2D eigenvalue weighted by Crippen LogP contribution is -2.38. The van der Waals surface area contributed by atoms with Gasteiger partial charge in [0, 0.05) is 12.8 Å². The second-order valence-electron chi connectivity index (χ2n) is 7.97. The van der Waals surface area contributed by atoms with Crippen LogP contribution in [0.5, 0.6) is 0 Å².